The summed E-state index contributed by atoms with van der Waals surface area (Å²) < 4.78 is 5.00. The predicted molar refractivity (Wildman–Crippen MR) is 77.6 cm³/mol. The molecule has 1 aliphatic heterocycles. The zero-order valence-electron chi connectivity index (χ0n) is 11.7. The van der Waals surface area contributed by atoms with Crippen molar-refractivity contribution in [2.75, 3.05) is 26.2 Å². The van der Waals surface area contributed by atoms with E-state index >= 15 is 0 Å². The Kier molecular flexibility index (Phi) is 5.46. The van der Waals surface area contributed by atoms with E-state index in [1.807, 2.05) is 0 Å². The number of carbonyl (C=O) groups excluding carboxylic acids is 1. The van der Waals surface area contributed by atoms with Crippen LogP contribution >= 0.6 is 0 Å². The Hall–Kier alpha value is -1.98. The van der Waals surface area contributed by atoms with E-state index in [-0.39, 0.29) is 5.91 Å². The minimum absolute atomic E-state index is 0.224. The number of aliphatic imine (C=N–C) groups is 1. The van der Waals surface area contributed by atoms with Crippen molar-refractivity contribution in [2.45, 2.75) is 25.7 Å². The molecule has 0 radical (unpaired) electrons. The normalized spacial score (nSPS) is 16.8. The average Bonchev–Trinajstić information content (AvgIpc) is 2.85. The molecule has 3 N–H and O–H groups in total. The van der Waals surface area contributed by atoms with Crippen molar-refractivity contribution >= 4 is 11.9 Å². The van der Waals surface area contributed by atoms with Gasteiger partial charge in [0.15, 0.2) is 11.7 Å². The SMILES string of the molecule is NC(=NCCNC(=O)c1ccco1)N1CCCCCC1. The first-order valence-electron chi connectivity index (χ1n) is 7.14. The number of guanidine groups is 1. The van der Waals surface area contributed by atoms with E-state index in [4.69, 9.17) is 10.2 Å². The molecule has 0 saturated carbocycles. The van der Waals surface area contributed by atoms with Crippen LogP contribution in [-0.4, -0.2) is 42.9 Å². The molecule has 0 aliphatic carbocycles. The lowest BCUT2D eigenvalue weighted by atomic mass is 10.2. The standard InChI is InChI=1S/C14H22N4O2/c15-14(18-9-3-1-2-4-10-18)17-8-7-16-13(19)12-6-5-11-20-12/h5-6,11H,1-4,7-10H2,(H2,15,17)(H,16,19). The van der Waals surface area contributed by atoms with Crippen LogP contribution in [0.2, 0.25) is 0 Å². The summed E-state index contributed by atoms with van der Waals surface area (Å²) in [5.74, 6) is 0.673. The van der Waals surface area contributed by atoms with Crippen molar-refractivity contribution in [2.24, 2.45) is 10.7 Å². The smallest absolute Gasteiger partial charge is 0.287 e. The summed E-state index contributed by atoms with van der Waals surface area (Å²) in [4.78, 5) is 18.0. The van der Waals surface area contributed by atoms with Crippen molar-refractivity contribution in [3.63, 3.8) is 0 Å². The van der Waals surface area contributed by atoms with Crippen LogP contribution in [0.4, 0.5) is 0 Å². The van der Waals surface area contributed by atoms with E-state index in [0.717, 1.165) is 13.1 Å². The molecule has 1 aromatic heterocycles. The highest BCUT2D eigenvalue weighted by molar-refractivity contribution is 5.91. The summed E-state index contributed by atoms with van der Waals surface area (Å²) in [6.07, 6.45) is 6.35. The highest BCUT2D eigenvalue weighted by atomic mass is 16.3. The molecule has 1 aliphatic rings. The second-order valence-electron chi connectivity index (χ2n) is 4.87. The van der Waals surface area contributed by atoms with Gasteiger partial charge in [0.05, 0.1) is 12.8 Å². The number of nitrogens with one attached hydrogen (secondary N) is 1. The number of rotatable bonds is 4. The predicted octanol–water partition coefficient (Wildman–Crippen LogP) is 1.20. The number of likely N-dealkylation sites (tertiary alicyclic amines) is 1. The molecule has 6 nitrogen and oxygen atoms in total. The second kappa shape index (κ2) is 7.57. The van der Waals surface area contributed by atoms with Gasteiger partial charge in [-0.05, 0) is 25.0 Å². The highest BCUT2D eigenvalue weighted by Crippen LogP contribution is 2.08. The van der Waals surface area contributed by atoms with Crippen molar-refractivity contribution in [3.05, 3.63) is 24.2 Å². The zero-order valence-corrected chi connectivity index (χ0v) is 11.7. The molecule has 0 bridgehead atoms. The van der Waals surface area contributed by atoms with Gasteiger partial charge in [-0.15, -0.1) is 0 Å². The van der Waals surface area contributed by atoms with Crippen LogP contribution < -0.4 is 11.1 Å². The van der Waals surface area contributed by atoms with Crippen molar-refractivity contribution in [1.82, 2.24) is 10.2 Å². The topological polar surface area (TPSA) is 83.9 Å². The van der Waals surface area contributed by atoms with Crippen LogP contribution in [0.1, 0.15) is 36.2 Å². The van der Waals surface area contributed by atoms with Gasteiger partial charge < -0.3 is 20.4 Å². The Morgan fingerprint density at radius 3 is 2.75 bits per heavy atom. The first-order chi connectivity index (χ1) is 9.77. The number of carbonyl (C=O) groups is 1. The summed E-state index contributed by atoms with van der Waals surface area (Å²) in [7, 11) is 0. The second-order valence-corrected chi connectivity index (χ2v) is 4.87. The lowest BCUT2D eigenvalue weighted by Gasteiger charge is -2.21. The lowest BCUT2D eigenvalue weighted by molar-refractivity contribution is 0.0927. The Balaban J connectivity index is 1.71. The van der Waals surface area contributed by atoms with Crippen LogP contribution in [0, 0.1) is 0 Å². The third-order valence-corrected chi connectivity index (χ3v) is 3.35. The molecule has 0 spiro atoms. The largest absolute Gasteiger partial charge is 0.459 e. The van der Waals surface area contributed by atoms with Gasteiger partial charge >= 0.3 is 0 Å². The van der Waals surface area contributed by atoms with Gasteiger partial charge in [-0.1, -0.05) is 12.8 Å². The van der Waals surface area contributed by atoms with E-state index < -0.39 is 0 Å². The maximum atomic E-state index is 11.6. The van der Waals surface area contributed by atoms with Gasteiger partial charge in [0.2, 0.25) is 0 Å². The quantitative estimate of drug-likeness (QED) is 0.492. The summed E-state index contributed by atoms with van der Waals surface area (Å²) in [5, 5.41) is 2.74. The van der Waals surface area contributed by atoms with Crippen LogP contribution in [0.3, 0.4) is 0 Å². The monoisotopic (exact) mass is 278 g/mol. The molecule has 1 aromatic rings. The Labute approximate surface area is 119 Å². The van der Waals surface area contributed by atoms with Gasteiger partial charge in [-0.2, -0.15) is 0 Å². The zero-order chi connectivity index (χ0) is 14.2. The average molecular weight is 278 g/mol. The molecular weight excluding hydrogens is 256 g/mol. The summed E-state index contributed by atoms with van der Waals surface area (Å²) in [6, 6.07) is 3.31. The molecule has 0 aromatic carbocycles. The molecule has 110 valence electrons. The van der Waals surface area contributed by atoms with Crippen LogP contribution in [0.15, 0.2) is 27.8 Å². The van der Waals surface area contributed by atoms with E-state index in [9.17, 15) is 4.79 Å². The van der Waals surface area contributed by atoms with Gasteiger partial charge in [-0.3, -0.25) is 9.79 Å². The Bertz CT molecular complexity index is 434. The number of amides is 1. The van der Waals surface area contributed by atoms with E-state index in [0.29, 0.717) is 24.8 Å². The molecular formula is C14H22N4O2. The molecule has 2 heterocycles. The maximum Gasteiger partial charge on any atom is 0.287 e. The molecule has 20 heavy (non-hydrogen) atoms. The molecule has 0 unspecified atom stereocenters. The van der Waals surface area contributed by atoms with Gasteiger partial charge in [0, 0.05) is 19.6 Å². The Morgan fingerprint density at radius 1 is 1.35 bits per heavy atom. The maximum absolute atomic E-state index is 11.6. The fraction of sp³-hybridized carbons (Fsp3) is 0.571. The Morgan fingerprint density at radius 2 is 2.10 bits per heavy atom. The summed E-state index contributed by atoms with van der Waals surface area (Å²) >= 11 is 0. The third kappa shape index (κ3) is 4.29. The number of furan rings is 1. The lowest BCUT2D eigenvalue weighted by Crippen LogP contribution is -2.38. The van der Waals surface area contributed by atoms with Gasteiger partial charge in [-0.25, -0.2) is 0 Å². The van der Waals surface area contributed by atoms with Crippen molar-refractivity contribution in [1.29, 1.82) is 0 Å². The molecule has 2 rings (SSSR count). The number of hydrogen-bond donors (Lipinski definition) is 2. The third-order valence-electron chi connectivity index (χ3n) is 3.35. The molecule has 1 saturated heterocycles. The van der Waals surface area contributed by atoms with E-state index in [2.05, 4.69) is 15.2 Å². The van der Waals surface area contributed by atoms with E-state index in [1.165, 1.54) is 31.9 Å². The van der Waals surface area contributed by atoms with Gasteiger partial charge in [0.25, 0.3) is 5.91 Å². The molecule has 1 fully saturated rings. The first kappa shape index (κ1) is 14.4. The minimum Gasteiger partial charge on any atom is -0.459 e. The van der Waals surface area contributed by atoms with Crippen LogP contribution in [0.25, 0.3) is 0 Å². The van der Waals surface area contributed by atoms with Crippen LogP contribution in [0.5, 0.6) is 0 Å². The summed E-state index contributed by atoms with van der Waals surface area (Å²) in [6.45, 7) is 2.89. The van der Waals surface area contributed by atoms with Crippen molar-refractivity contribution in [3.8, 4) is 0 Å². The van der Waals surface area contributed by atoms with Crippen LogP contribution in [-0.2, 0) is 0 Å². The van der Waals surface area contributed by atoms with E-state index in [1.54, 1.807) is 12.1 Å². The molecule has 0 atom stereocenters. The van der Waals surface area contributed by atoms with Gasteiger partial charge in [0.1, 0.15) is 0 Å². The van der Waals surface area contributed by atoms with Crippen molar-refractivity contribution < 1.29 is 9.21 Å². The highest BCUT2D eigenvalue weighted by Gasteiger charge is 2.11. The molecule has 1 amide bonds. The minimum atomic E-state index is -0.224. The fourth-order valence-electron chi connectivity index (χ4n) is 2.23. The first-order valence-corrected chi connectivity index (χ1v) is 7.14. The summed E-state index contributed by atoms with van der Waals surface area (Å²) in [5.41, 5.74) is 5.97. The fourth-order valence-corrected chi connectivity index (χ4v) is 2.23. The number of nitrogens with two attached hydrogens (primary N) is 1. The number of hydrogen-bond acceptors (Lipinski definition) is 3. The molecule has 6 heteroatoms. The number of nitrogens with zero attached hydrogens (tertiary/aromatic N) is 2.